The number of ether oxygens (including phenoxy) is 1. The van der Waals surface area contributed by atoms with Crippen molar-refractivity contribution in [1.82, 2.24) is 15.6 Å². The maximum atomic E-state index is 12.1. The maximum Gasteiger partial charge on any atom is 0.237 e. The van der Waals surface area contributed by atoms with Crippen LogP contribution < -0.4 is 10.6 Å². The average molecular weight is 345 g/mol. The number of nitrogens with one attached hydrogen (secondary N) is 2. The third-order valence-electron chi connectivity index (χ3n) is 4.27. The first-order valence-electron chi connectivity index (χ1n) is 8.23. The van der Waals surface area contributed by atoms with Crippen LogP contribution in [0.3, 0.4) is 0 Å². The Morgan fingerprint density at radius 3 is 2.92 bits per heavy atom. The van der Waals surface area contributed by atoms with Crippen LogP contribution in [0.4, 0.5) is 0 Å². The predicted octanol–water partition coefficient (Wildman–Crippen LogP) is 2.15. The quantitative estimate of drug-likeness (QED) is 0.842. The molecule has 1 fully saturated rings. The van der Waals surface area contributed by atoms with Crippen molar-refractivity contribution in [3.63, 3.8) is 0 Å². The number of aryl methyl sites for hydroxylation is 1. The van der Waals surface area contributed by atoms with Crippen molar-refractivity contribution < 1.29 is 9.53 Å². The summed E-state index contributed by atoms with van der Waals surface area (Å²) in [7, 11) is 1.68. The van der Waals surface area contributed by atoms with Crippen molar-refractivity contribution in [2.45, 2.75) is 31.9 Å². The molecule has 0 spiro atoms. The molecule has 0 aliphatic carbocycles. The van der Waals surface area contributed by atoms with E-state index in [9.17, 15) is 4.79 Å². The number of hydrogen-bond acceptors (Lipinski definition) is 5. The molecule has 1 aliphatic heterocycles. The molecule has 1 amide bonds. The Morgan fingerprint density at radius 2 is 2.21 bits per heavy atom. The van der Waals surface area contributed by atoms with E-state index in [0.717, 1.165) is 35.7 Å². The van der Waals surface area contributed by atoms with Gasteiger partial charge in [-0.25, -0.2) is 4.98 Å². The molecule has 2 heterocycles. The zero-order valence-corrected chi connectivity index (χ0v) is 14.9. The van der Waals surface area contributed by atoms with Crippen LogP contribution in [0.25, 0.3) is 11.3 Å². The molecule has 5 nitrogen and oxygen atoms in total. The SMILES string of the molecule is CO[C@@H]1CN[C@@H](C(=O)NCCc2nc(-c3ccccc3)c(C)s2)C1. The van der Waals surface area contributed by atoms with Gasteiger partial charge in [-0.15, -0.1) is 11.3 Å². The summed E-state index contributed by atoms with van der Waals surface area (Å²) in [6.07, 6.45) is 1.62. The monoisotopic (exact) mass is 345 g/mol. The van der Waals surface area contributed by atoms with Crippen molar-refractivity contribution in [3.8, 4) is 11.3 Å². The molecule has 1 aliphatic rings. The second kappa shape index (κ2) is 7.88. The molecular weight excluding hydrogens is 322 g/mol. The second-order valence-electron chi connectivity index (χ2n) is 5.97. The molecule has 128 valence electrons. The Bertz CT molecular complexity index is 687. The van der Waals surface area contributed by atoms with Gasteiger partial charge in [0.1, 0.15) is 0 Å². The van der Waals surface area contributed by atoms with Gasteiger partial charge in [0.05, 0.1) is 22.8 Å². The lowest BCUT2D eigenvalue weighted by atomic mass is 10.1. The Balaban J connectivity index is 1.52. The van der Waals surface area contributed by atoms with Gasteiger partial charge in [-0.2, -0.15) is 0 Å². The number of amides is 1. The minimum atomic E-state index is -0.145. The molecule has 0 unspecified atom stereocenters. The van der Waals surface area contributed by atoms with Crippen molar-refractivity contribution >= 4 is 17.2 Å². The lowest BCUT2D eigenvalue weighted by Gasteiger charge is -2.10. The van der Waals surface area contributed by atoms with Crippen LogP contribution in [0.5, 0.6) is 0 Å². The molecule has 0 saturated carbocycles. The van der Waals surface area contributed by atoms with Crippen LogP contribution in [0.15, 0.2) is 30.3 Å². The highest BCUT2D eigenvalue weighted by Crippen LogP contribution is 2.27. The third-order valence-corrected chi connectivity index (χ3v) is 5.30. The first-order chi connectivity index (χ1) is 11.7. The number of carbonyl (C=O) groups is 1. The second-order valence-corrected chi connectivity index (χ2v) is 7.26. The molecule has 6 heteroatoms. The third kappa shape index (κ3) is 4.01. The van der Waals surface area contributed by atoms with Crippen LogP contribution in [0, 0.1) is 6.92 Å². The summed E-state index contributed by atoms with van der Waals surface area (Å²) < 4.78 is 5.27. The number of carbonyl (C=O) groups excluding carboxylic acids is 1. The summed E-state index contributed by atoms with van der Waals surface area (Å²) in [6.45, 7) is 3.44. The van der Waals surface area contributed by atoms with E-state index >= 15 is 0 Å². The van der Waals surface area contributed by atoms with E-state index < -0.39 is 0 Å². The van der Waals surface area contributed by atoms with Gasteiger partial charge in [-0.1, -0.05) is 30.3 Å². The van der Waals surface area contributed by atoms with Crippen LogP contribution >= 0.6 is 11.3 Å². The minimum Gasteiger partial charge on any atom is -0.380 e. The largest absolute Gasteiger partial charge is 0.380 e. The summed E-state index contributed by atoms with van der Waals surface area (Å²) in [4.78, 5) is 18.1. The highest BCUT2D eigenvalue weighted by molar-refractivity contribution is 7.12. The van der Waals surface area contributed by atoms with Gasteiger partial charge in [-0.3, -0.25) is 4.79 Å². The topological polar surface area (TPSA) is 63.2 Å². The van der Waals surface area contributed by atoms with Gasteiger partial charge >= 0.3 is 0 Å². The van der Waals surface area contributed by atoms with Gasteiger partial charge in [0.2, 0.25) is 5.91 Å². The summed E-state index contributed by atoms with van der Waals surface area (Å²) in [6, 6.07) is 10.1. The number of thiazole rings is 1. The maximum absolute atomic E-state index is 12.1. The number of aromatic nitrogens is 1. The minimum absolute atomic E-state index is 0.0473. The molecule has 1 aromatic carbocycles. The predicted molar refractivity (Wildman–Crippen MR) is 96.2 cm³/mol. The molecule has 24 heavy (non-hydrogen) atoms. The van der Waals surface area contributed by atoms with Gasteiger partial charge < -0.3 is 15.4 Å². The van der Waals surface area contributed by atoms with Gasteiger partial charge in [-0.05, 0) is 13.3 Å². The lowest BCUT2D eigenvalue weighted by Crippen LogP contribution is -2.41. The highest BCUT2D eigenvalue weighted by Gasteiger charge is 2.28. The van der Waals surface area contributed by atoms with Crippen molar-refractivity contribution in [3.05, 3.63) is 40.2 Å². The smallest absolute Gasteiger partial charge is 0.237 e. The van der Waals surface area contributed by atoms with Crippen LogP contribution in [0.1, 0.15) is 16.3 Å². The van der Waals surface area contributed by atoms with Crippen LogP contribution in [0.2, 0.25) is 0 Å². The van der Waals surface area contributed by atoms with E-state index in [-0.39, 0.29) is 18.1 Å². The lowest BCUT2D eigenvalue weighted by molar-refractivity contribution is -0.122. The number of methoxy groups -OCH3 is 1. The molecule has 2 N–H and O–H groups in total. The normalized spacial score (nSPS) is 20.2. The molecule has 2 atom stereocenters. The molecule has 0 radical (unpaired) electrons. The fourth-order valence-electron chi connectivity index (χ4n) is 2.92. The van der Waals surface area contributed by atoms with Crippen LogP contribution in [-0.2, 0) is 16.0 Å². The van der Waals surface area contributed by atoms with E-state index in [2.05, 4.69) is 29.7 Å². The fourth-order valence-corrected chi connectivity index (χ4v) is 3.88. The molecule has 1 aromatic heterocycles. The van der Waals surface area contributed by atoms with Gasteiger partial charge in [0.15, 0.2) is 0 Å². The number of rotatable bonds is 6. The first kappa shape index (κ1) is 17.1. The van der Waals surface area contributed by atoms with E-state index in [1.54, 1.807) is 18.4 Å². The Labute approximate surface area is 146 Å². The summed E-state index contributed by atoms with van der Waals surface area (Å²) in [5.41, 5.74) is 2.18. The average Bonchev–Trinajstić information content (AvgIpc) is 3.22. The van der Waals surface area contributed by atoms with Gasteiger partial charge in [0.25, 0.3) is 0 Å². The zero-order chi connectivity index (χ0) is 16.9. The van der Waals surface area contributed by atoms with E-state index in [0.29, 0.717) is 6.54 Å². The standard InChI is InChI=1S/C18H23N3O2S/c1-12-17(13-6-4-3-5-7-13)21-16(24-12)8-9-19-18(22)15-10-14(23-2)11-20-15/h3-7,14-15,20H,8-11H2,1-2H3,(H,19,22)/t14-,15+/m0/s1. The van der Waals surface area contributed by atoms with Crippen molar-refractivity contribution in [2.24, 2.45) is 0 Å². The summed E-state index contributed by atoms with van der Waals surface area (Å²) in [5.74, 6) is 0.0473. The number of benzene rings is 1. The number of hydrogen-bond donors (Lipinski definition) is 2. The van der Waals surface area contributed by atoms with Gasteiger partial charge in [0, 0.05) is 37.1 Å². The molecule has 3 rings (SSSR count). The molecular formula is C18H23N3O2S. The Morgan fingerprint density at radius 1 is 1.42 bits per heavy atom. The zero-order valence-electron chi connectivity index (χ0n) is 14.0. The van der Waals surface area contributed by atoms with Crippen LogP contribution in [-0.4, -0.2) is 43.2 Å². The molecule has 1 saturated heterocycles. The summed E-state index contributed by atoms with van der Waals surface area (Å²) in [5, 5.41) is 7.24. The molecule has 2 aromatic rings. The van der Waals surface area contributed by atoms with E-state index in [4.69, 9.17) is 9.72 Å². The Kier molecular flexibility index (Phi) is 5.60. The fraction of sp³-hybridized carbons (Fsp3) is 0.444. The molecule has 0 bridgehead atoms. The first-order valence-corrected chi connectivity index (χ1v) is 9.04. The van der Waals surface area contributed by atoms with E-state index in [1.165, 1.54) is 4.88 Å². The number of nitrogens with zero attached hydrogens (tertiary/aromatic N) is 1. The van der Waals surface area contributed by atoms with Crippen molar-refractivity contribution in [2.75, 3.05) is 20.2 Å². The van der Waals surface area contributed by atoms with Crippen molar-refractivity contribution in [1.29, 1.82) is 0 Å². The Hall–Kier alpha value is -1.76. The van der Waals surface area contributed by atoms with E-state index in [1.807, 2.05) is 18.2 Å². The highest BCUT2D eigenvalue weighted by atomic mass is 32.1. The summed E-state index contributed by atoms with van der Waals surface area (Å²) >= 11 is 1.70.